The lowest BCUT2D eigenvalue weighted by atomic mass is 10.1. The Balaban J connectivity index is 1.23. The molecule has 0 aliphatic heterocycles. The standard InChI is InChI=1S/C37H40ClN7O4/c1-3-4-5-10-23-48-43-36(39)26-14-17-28(18-15-26)41-25-34-42-30-24-27(16-19-31(30)44(34)2)37(47)45(33-13-8-9-21-40-33)22-20-35(46)49-32-12-7-6-11-29(32)38/h6-9,11-19,21,24,41H,3-5,10,20,22-23,25H2,1-2H3,(H2,39,43). The van der Waals surface area contributed by atoms with Crippen LogP contribution in [0.3, 0.4) is 0 Å². The minimum atomic E-state index is -0.521. The highest BCUT2D eigenvalue weighted by Crippen LogP contribution is 2.25. The number of imidazole rings is 1. The minimum Gasteiger partial charge on any atom is -0.425 e. The first-order valence-electron chi connectivity index (χ1n) is 16.3. The fraction of sp³-hybridized carbons (Fsp3) is 0.270. The van der Waals surface area contributed by atoms with Crippen molar-refractivity contribution in [2.45, 2.75) is 45.6 Å². The number of oxime groups is 1. The van der Waals surface area contributed by atoms with Crippen molar-refractivity contribution in [1.29, 1.82) is 0 Å². The molecule has 5 rings (SSSR count). The van der Waals surface area contributed by atoms with Gasteiger partial charge >= 0.3 is 5.97 Å². The molecule has 0 aliphatic rings. The number of aromatic nitrogens is 3. The zero-order chi connectivity index (χ0) is 34.6. The predicted molar refractivity (Wildman–Crippen MR) is 193 cm³/mol. The van der Waals surface area contributed by atoms with E-state index in [0.717, 1.165) is 35.4 Å². The second-order valence-electron chi connectivity index (χ2n) is 11.4. The number of ether oxygens (including phenoxy) is 1. The van der Waals surface area contributed by atoms with Crippen LogP contribution in [0.4, 0.5) is 11.5 Å². The van der Waals surface area contributed by atoms with E-state index in [-0.39, 0.29) is 24.6 Å². The summed E-state index contributed by atoms with van der Waals surface area (Å²) >= 11 is 6.14. The number of amides is 1. The Labute approximate surface area is 290 Å². The van der Waals surface area contributed by atoms with E-state index in [1.165, 1.54) is 17.7 Å². The van der Waals surface area contributed by atoms with Gasteiger partial charge in [-0.25, -0.2) is 9.97 Å². The molecule has 5 aromatic rings. The molecule has 2 aromatic heterocycles. The van der Waals surface area contributed by atoms with Gasteiger partial charge in [0.1, 0.15) is 24.0 Å². The van der Waals surface area contributed by atoms with Crippen molar-refractivity contribution in [3.05, 3.63) is 113 Å². The van der Waals surface area contributed by atoms with Crippen LogP contribution < -0.4 is 20.7 Å². The summed E-state index contributed by atoms with van der Waals surface area (Å²) in [7, 11) is 1.93. The van der Waals surface area contributed by atoms with Gasteiger partial charge in [-0.15, -0.1) is 0 Å². The lowest BCUT2D eigenvalue weighted by Gasteiger charge is -2.21. The van der Waals surface area contributed by atoms with Crippen molar-refractivity contribution in [2.75, 3.05) is 23.4 Å². The fourth-order valence-corrected chi connectivity index (χ4v) is 5.31. The molecule has 0 spiro atoms. The Morgan fingerprint density at radius 1 is 0.980 bits per heavy atom. The number of unbranched alkanes of at least 4 members (excludes halogenated alkanes) is 3. The number of nitrogens with one attached hydrogen (secondary N) is 1. The number of hydrogen-bond donors (Lipinski definition) is 2. The van der Waals surface area contributed by atoms with Crippen LogP contribution in [0.5, 0.6) is 5.75 Å². The molecular weight excluding hydrogens is 642 g/mol. The smallest absolute Gasteiger partial charge is 0.313 e. The summed E-state index contributed by atoms with van der Waals surface area (Å²) in [5.41, 5.74) is 9.71. The van der Waals surface area contributed by atoms with E-state index in [0.29, 0.717) is 40.9 Å². The second-order valence-corrected chi connectivity index (χ2v) is 11.8. The molecule has 254 valence electrons. The maximum atomic E-state index is 13.8. The van der Waals surface area contributed by atoms with Gasteiger partial charge in [-0.2, -0.15) is 0 Å². The zero-order valence-electron chi connectivity index (χ0n) is 27.6. The van der Waals surface area contributed by atoms with Crippen LogP contribution >= 0.6 is 11.6 Å². The Kier molecular flexibility index (Phi) is 12.2. The number of halogens is 1. The average Bonchev–Trinajstić information content (AvgIpc) is 3.44. The highest BCUT2D eigenvalue weighted by atomic mass is 35.5. The number of benzene rings is 3. The second kappa shape index (κ2) is 17.1. The number of carbonyl (C=O) groups is 2. The van der Waals surface area contributed by atoms with Crippen molar-refractivity contribution in [3.63, 3.8) is 0 Å². The number of hydrogen-bond acceptors (Lipinski definition) is 8. The monoisotopic (exact) mass is 681 g/mol. The molecular formula is C37H40ClN7O4. The van der Waals surface area contributed by atoms with Gasteiger partial charge in [-0.1, -0.05) is 54.7 Å². The van der Waals surface area contributed by atoms with E-state index < -0.39 is 5.97 Å². The Morgan fingerprint density at radius 3 is 2.51 bits per heavy atom. The van der Waals surface area contributed by atoms with Crippen LogP contribution in [0, 0.1) is 0 Å². The van der Waals surface area contributed by atoms with E-state index in [4.69, 9.17) is 31.9 Å². The molecule has 49 heavy (non-hydrogen) atoms. The number of rotatable bonds is 16. The van der Waals surface area contributed by atoms with Crippen LogP contribution in [0.25, 0.3) is 11.0 Å². The van der Waals surface area contributed by atoms with Gasteiger partial charge in [0.2, 0.25) is 0 Å². The van der Waals surface area contributed by atoms with Gasteiger partial charge in [-0.05, 0) is 79.6 Å². The summed E-state index contributed by atoms with van der Waals surface area (Å²) in [6.45, 7) is 3.23. The van der Waals surface area contributed by atoms with E-state index in [9.17, 15) is 9.59 Å². The van der Waals surface area contributed by atoms with E-state index in [2.05, 4.69) is 22.4 Å². The molecule has 0 radical (unpaired) electrons. The molecule has 0 atom stereocenters. The summed E-state index contributed by atoms with van der Waals surface area (Å²) in [6, 6.07) is 25.0. The van der Waals surface area contributed by atoms with Crippen molar-refractivity contribution < 1.29 is 19.2 Å². The number of esters is 1. The molecule has 0 aliphatic carbocycles. The maximum Gasteiger partial charge on any atom is 0.313 e. The lowest BCUT2D eigenvalue weighted by molar-refractivity contribution is -0.134. The number of carbonyl (C=O) groups excluding carboxylic acids is 2. The van der Waals surface area contributed by atoms with Crippen molar-refractivity contribution in [2.24, 2.45) is 17.9 Å². The molecule has 3 N–H and O–H groups in total. The number of anilines is 2. The van der Waals surface area contributed by atoms with Gasteiger partial charge in [0.05, 0.1) is 29.0 Å². The number of aryl methyl sites for hydroxylation is 1. The summed E-state index contributed by atoms with van der Waals surface area (Å²) in [4.78, 5) is 42.5. The average molecular weight is 682 g/mol. The topological polar surface area (TPSA) is 137 Å². The predicted octanol–water partition coefficient (Wildman–Crippen LogP) is 7.09. The van der Waals surface area contributed by atoms with Crippen molar-refractivity contribution in [3.8, 4) is 5.75 Å². The summed E-state index contributed by atoms with van der Waals surface area (Å²) in [6.07, 6.45) is 5.97. The molecule has 11 nitrogen and oxygen atoms in total. The Bertz CT molecular complexity index is 1890. The molecule has 0 saturated carbocycles. The van der Waals surface area contributed by atoms with Crippen LogP contribution in [-0.4, -0.2) is 45.4 Å². The zero-order valence-corrected chi connectivity index (χ0v) is 28.4. The van der Waals surface area contributed by atoms with E-state index in [1.54, 1.807) is 60.8 Å². The first-order valence-corrected chi connectivity index (χ1v) is 16.6. The third-order valence-electron chi connectivity index (χ3n) is 7.87. The number of nitrogens with zero attached hydrogens (tertiary/aromatic N) is 5. The van der Waals surface area contributed by atoms with Crippen LogP contribution in [0.2, 0.25) is 5.02 Å². The van der Waals surface area contributed by atoms with Gasteiger partial charge in [0, 0.05) is 36.6 Å². The lowest BCUT2D eigenvalue weighted by Crippen LogP contribution is -2.34. The molecule has 0 bridgehead atoms. The third kappa shape index (κ3) is 9.35. The highest BCUT2D eigenvalue weighted by molar-refractivity contribution is 6.32. The fourth-order valence-electron chi connectivity index (χ4n) is 5.14. The molecule has 12 heteroatoms. The Hall–Kier alpha value is -5.42. The van der Waals surface area contributed by atoms with Gasteiger partial charge in [0.25, 0.3) is 5.91 Å². The number of para-hydroxylation sites is 1. The van der Waals surface area contributed by atoms with Gasteiger partial charge in [0.15, 0.2) is 5.84 Å². The molecule has 2 heterocycles. The highest BCUT2D eigenvalue weighted by Gasteiger charge is 2.22. The number of fused-ring (bicyclic) bond motifs is 1. The number of amidine groups is 1. The maximum absolute atomic E-state index is 13.8. The summed E-state index contributed by atoms with van der Waals surface area (Å²) in [5, 5.41) is 7.76. The SMILES string of the molecule is CCCCCCON=C(N)c1ccc(NCc2nc3cc(C(=O)N(CCC(=O)Oc4ccccc4Cl)c4ccccn4)ccc3n2C)cc1. The summed E-state index contributed by atoms with van der Waals surface area (Å²) < 4.78 is 7.41. The molecule has 0 fully saturated rings. The van der Waals surface area contributed by atoms with Crippen LogP contribution in [0.1, 0.15) is 60.8 Å². The number of nitrogens with two attached hydrogens (primary N) is 1. The van der Waals surface area contributed by atoms with Crippen LogP contribution in [0.15, 0.2) is 96.3 Å². The van der Waals surface area contributed by atoms with Gasteiger partial charge < -0.3 is 25.2 Å². The normalized spacial score (nSPS) is 11.4. The quantitative estimate of drug-likeness (QED) is 0.0281. The van der Waals surface area contributed by atoms with E-state index >= 15 is 0 Å². The van der Waals surface area contributed by atoms with Crippen molar-refractivity contribution in [1.82, 2.24) is 14.5 Å². The largest absolute Gasteiger partial charge is 0.425 e. The first-order chi connectivity index (χ1) is 23.8. The molecule has 1 amide bonds. The Morgan fingerprint density at radius 2 is 1.76 bits per heavy atom. The van der Waals surface area contributed by atoms with E-state index in [1.807, 2.05) is 41.9 Å². The number of pyridine rings is 1. The minimum absolute atomic E-state index is 0.0525. The van der Waals surface area contributed by atoms with Gasteiger partial charge in [-0.3, -0.25) is 14.5 Å². The molecule has 3 aromatic carbocycles. The molecule has 0 saturated heterocycles. The van der Waals surface area contributed by atoms with Crippen LogP contribution in [-0.2, 0) is 23.2 Å². The van der Waals surface area contributed by atoms with Crippen molar-refractivity contribution >= 4 is 51.9 Å². The summed E-state index contributed by atoms with van der Waals surface area (Å²) in [5.74, 6) is 0.958. The molecule has 0 unspecified atom stereocenters. The third-order valence-corrected chi connectivity index (χ3v) is 8.19. The first kappa shape index (κ1) is 34.9.